The van der Waals surface area contributed by atoms with Crippen LogP contribution in [0.3, 0.4) is 0 Å². The fourth-order valence-corrected chi connectivity index (χ4v) is 3.43. The summed E-state index contributed by atoms with van der Waals surface area (Å²) in [5.41, 5.74) is 0.430. The van der Waals surface area contributed by atoms with Crippen LogP contribution in [0, 0.1) is 0 Å². The number of halogens is 5. The van der Waals surface area contributed by atoms with Crippen molar-refractivity contribution in [2.75, 3.05) is 5.32 Å². The molecule has 0 bridgehead atoms. The van der Waals surface area contributed by atoms with E-state index < -0.39 is 11.7 Å². The summed E-state index contributed by atoms with van der Waals surface area (Å²) in [6, 6.07) is 13.6. The van der Waals surface area contributed by atoms with E-state index in [-0.39, 0.29) is 28.8 Å². The highest BCUT2D eigenvalue weighted by Crippen LogP contribution is 2.37. The van der Waals surface area contributed by atoms with Gasteiger partial charge in [-0.05, 0) is 40.3 Å². The Morgan fingerprint density at radius 2 is 1.77 bits per heavy atom. The summed E-state index contributed by atoms with van der Waals surface area (Å²) in [7, 11) is 0. The first-order valence-corrected chi connectivity index (χ1v) is 9.69. The van der Waals surface area contributed by atoms with E-state index in [4.69, 9.17) is 23.2 Å². The lowest BCUT2D eigenvalue weighted by Gasteiger charge is -2.15. The second-order valence-corrected chi connectivity index (χ2v) is 7.18. The Bertz CT molecular complexity index is 1230. The summed E-state index contributed by atoms with van der Waals surface area (Å²) in [6.07, 6.45) is -3.06. The number of rotatable bonds is 5. The fourth-order valence-electron chi connectivity index (χ4n) is 3.05. The maximum absolute atomic E-state index is 13.5. The Hall–Kier alpha value is -3.17. The summed E-state index contributed by atoms with van der Waals surface area (Å²) >= 11 is 12.3. The van der Waals surface area contributed by atoms with Crippen molar-refractivity contribution in [2.45, 2.75) is 12.7 Å². The van der Waals surface area contributed by atoms with E-state index in [0.717, 1.165) is 6.07 Å². The minimum absolute atomic E-state index is 0.00937. The number of tetrazole rings is 1. The van der Waals surface area contributed by atoms with Crippen LogP contribution >= 0.6 is 23.2 Å². The van der Waals surface area contributed by atoms with Crippen molar-refractivity contribution in [2.24, 2.45) is 0 Å². The van der Waals surface area contributed by atoms with E-state index in [1.165, 1.54) is 29.1 Å². The minimum Gasteiger partial charge on any atom is -0.349 e. The second kappa shape index (κ2) is 8.52. The van der Waals surface area contributed by atoms with E-state index in [2.05, 4.69) is 25.8 Å². The van der Waals surface area contributed by atoms with Crippen molar-refractivity contribution >= 4 is 29.2 Å². The molecule has 0 aliphatic rings. The summed E-state index contributed by atoms with van der Waals surface area (Å²) in [5.74, 6) is 0.239. The van der Waals surface area contributed by atoms with Crippen molar-refractivity contribution in [3.8, 4) is 16.9 Å². The van der Waals surface area contributed by atoms with Crippen LogP contribution in [0.25, 0.3) is 16.9 Å². The highest BCUT2D eigenvalue weighted by atomic mass is 35.5. The van der Waals surface area contributed by atoms with Crippen molar-refractivity contribution in [3.63, 3.8) is 0 Å². The summed E-state index contributed by atoms with van der Waals surface area (Å²) < 4.78 is 41.8. The predicted octanol–water partition coefficient (Wildman–Crippen LogP) is 5.66. The average Bonchev–Trinajstić information content (AvgIpc) is 3.22. The van der Waals surface area contributed by atoms with E-state index in [1.54, 1.807) is 30.3 Å². The SMILES string of the molecule is FC(F)(F)c1ccccc1-c1ncccc1CNc1nnnn1-c1cccc(Cl)c1Cl. The first kappa shape index (κ1) is 21.1. The molecule has 0 atom stereocenters. The molecule has 158 valence electrons. The zero-order chi connectivity index (χ0) is 22.0. The Morgan fingerprint density at radius 1 is 0.968 bits per heavy atom. The molecule has 11 heteroatoms. The number of alkyl halides is 3. The predicted molar refractivity (Wildman–Crippen MR) is 111 cm³/mol. The third-order valence-electron chi connectivity index (χ3n) is 4.44. The maximum Gasteiger partial charge on any atom is 0.417 e. The molecule has 6 nitrogen and oxygen atoms in total. The molecular formula is C20H13Cl2F3N6. The van der Waals surface area contributed by atoms with Gasteiger partial charge in [-0.2, -0.15) is 17.9 Å². The van der Waals surface area contributed by atoms with Gasteiger partial charge in [0.2, 0.25) is 5.95 Å². The van der Waals surface area contributed by atoms with Crippen LogP contribution in [0.2, 0.25) is 10.0 Å². The number of anilines is 1. The Balaban J connectivity index is 1.67. The van der Waals surface area contributed by atoms with Gasteiger partial charge in [-0.1, -0.05) is 58.6 Å². The van der Waals surface area contributed by atoms with Crippen molar-refractivity contribution in [3.05, 3.63) is 82.0 Å². The summed E-state index contributed by atoms with van der Waals surface area (Å²) in [4.78, 5) is 4.19. The lowest BCUT2D eigenvalue weighted by molar-refractivity contribution is -0.137. The Labute approximate surface area is 184 Å². The minimum atomic E-state index is -4.51. The molecule has 0 aliphatic heterocycles. The van der Waals surface area contributed by atoms with Gasteiger partial charge < -0.3 is 5.32 Å². The third-order valence-corrected chi connectivity index (χ3v) is 5.25. The molecule has 2 heterocycles. The second-order valence-electron chi connectivity index (χ2n) is 6.40. The number of pyridine rings is 1. The normalized spacial score (nSPS) is 11.5. The highest BCUT2D eigenvalue weighted by molar-refractivity contribution is 6.43. The van der Waals surface area contributed by atoms with Crippen LogP contribution in [0.5, 0.6) is 0 Å². The van der Waals surface area contributed by atoms with E-state index >= 15 is 0 Å². The van der Waals surface area contributed by atoms with E-state index in [9.17, 15) is 13.2 Å². The number of nitrogens with zero attached hydrogens (tertiary/aromatic N) is 5. The van der Waals surface area contributed by atoms with E-state index in [1.807, 2.05) is 0 Å². The number of aromatic nitrogens is 5. The zero-order valence-electron chi connectivity index (χ0n) is 15.6. The van der Waals surface area contributed by atoms with Crippen LogP contribution in [-0.4, -0.2) is 25.2 Å². The molecule has 1 N–H and O–H groups in total. The molecule has 31 heavy (non-hydrogen) atoms. The van der Waals surface area contributed by atoms with Gasteiger partial charge in [0, 0.05) is 18.3 Å². The first-order chi connectivity index (χ1) is 14.9. The summed E-state index contributed by atoms with van der Waals surface area (Å²) in [6.45, 7) is 0.119. The highest BCUT2D eigenvalue weighted by Gasteiger charge is 2.34. The topological polar surface area (TPSA) is 68.5 Å². The molecular weight excluding hydrogens is 452 g/mol. The number of nitrogens with one attached hydrogen (secondary N) is 1. The number of hydrogen-bond donors (Lipinski definition) is 1. The molecule has 0 saturated heterocycles. The van der Waals surface area contributed by atoms with Crippen molar-refractivity contribution < 1.29 is 13.2 Å². The summed E-state index contributed by atoms with van der Waals surface area (Å²) in [5, 5.41) is 15.1. The maximum atomic E-state index is 13.5. The fraction of sp³-hybridized carbons (Fsp3) is 0.100. The van der Waals surface area contributed by atoms with Crippen molar-refractivity contribution in [1.82, 2.24) is 25.2 Å². The zero-order valence-corrected chi connectivity index (χ0v) is 17.1. The van der Waals surface area contributed by atoms with Gasteiger partial charge in [0.25, 0.3) is 0 Å². The van der Waals surface area contributed by atoms with Gasteiger partial charge >= 0.3 is 6.18 Å². The smallest absolute Gasteiger partial charge is 0.349 e. The van der Waals surface area contributed by atoms with Crippen LogP contribution in [0.1, 0.15) is 11.1 Å². The first-order valence-electron chi connectivity index (χ1n) is 8.93. The van der Waals surface area contributed by atoms with Crippen molar-refractivity contribution in [1.29, 1.82) is 0 Å². The molecule has 4 aromatic rings. The van der Waals surface area contributed by atoms with E-state index in [0.29, 0.717) is 16.3 Å². The molecule has 0 amide bonds. The molecule has 0 fully saturated rings. The number of hydrogen-bond acceptors (Lipinski definition) is 5. The van der Waals surface area contributed by atoms with Crippen LogP contribution in [0.4, 0.5) is 19.1 Å². The Morgan fingerprint density at radius 3 is 2.58 bits per heavy atom. The van der Waals surface area contributed by atoms with Gasteiger partial charge in [0.05, 0.1) is 27.0 Å². The van der Waals surface area contributed by atoms with Gasteiger partial charge in [0.15, 0.2) is 0 Å². The Kier molecular flexibility index (Phi) is 5.79. The lowest BCUT2D eigenvalue weighted by atomic mass is 10.00. The number of benzene rings is 2. The average molecular weight is 465 g/mol. The largest absolute Gasteiger partial charge is 0.417 e. The lowest BCUT2D eigenvalue weighted by Crippen LogP contribution is -2.11. The van der Waals surface area contributed by atoms with Crippen LogP contribution in [0.15, 0.2) is 60.8 Å². The van der Waals surface area contributed by atoms with Gasteiger partial charge in [0.1, 0.15) is 0 Å². The van der Waals surface area contributed by atoms with Gasteiger partial charge in [-0.25, -0.2) is 0 Å². The monoisotopic (exact) mass is 464 g/mol. The van der Waals surface area contributed by atoms with Crippen LogP contribution in [-0.2, 0) is 12.7 Å². The quantitative estimate of drug-likeness (QED) is 0.412. The van der Waals surface area contributed by atoms with Gasteiger partial charge in [-0.15, -0.1) is 0 Å². The molecule has 2 aromatic heterocycles. The molecule has 0 radical (unpaired) electrons. The molecule has 0 unspecified atom stereocenters. The van der Waals surface area contributed by atoms with Crippen LogP contribution < -0.4 is 5.32 Å². The third kappa shape index (κ3) is 4.33. The molecule has 2 aromatic carbocycles. The molecule has 4 rings (SSSR count). The van der Waals surface area contributed by atoms with Gasteiger partial charge in [-0.3, -0.25) is 4.98 Å². The molecule has 0 aliphatic carbocycles. The standard InChI is InChI=1S/C20H13Cl2F3N6/c21-15-8-3-9-16(17(15)22)31-19(28-29-30-31)27-11-12-5-4-10-26-18(12)13-6-1-2-7-14(13)20(23,24)25/h1-10H,11H2,(H,27,28,30). The molecule has 0 saturated carbocycles. The molecule has 0 spiro atoms.